The van der Waals surface area contributed by atoms with Gasteiger partial charge in [-0.05, 0) is 44.5 Å². The molecule has 1 aliphatic rings. The van der Waals surface area contributed by atoms with Crippen molar-refractivity contribution in [2.24, 2.45) is 0 Å². The highest BCUT2D eigenvalue weighted by Crippen LogP contribution is 2.40. The van der Waals surface area contributed by atoms with E-state index >= 15 is 0 Å². The molecule has 1 aliphatic heterocycles. The number of carbonyl (C=O) groups is 1. The predicted octanol–water partition coefficient (Wildman–Crippen LogP) is 1.55. The molecular formula is C15H21NO3. The molecule has 1 aromatic rings. The van der Waals surface area contributed by atoms with E-state index in [2.05, 4.69) is 24.4 Å². The van der Waals surface area contributed by atoms with Crippen LogP contribution in [0.3, 0.4) is 0 Å². The summed E-state index contributed by atoms with van der Waals surface area (Å²) in [5.74, 6) is -0.829. The van der Waals surface area contributed by atoms with Crippen molar-refractivity contribution >= 4 is 5.97 Å². The van der Waals surface area contributed by atoms with E-state index in [1.807, 2.05) is 13.8 Å². The fourth-order valence-electron chi connectivity index (χ4n) is 3.38. The van der Waals surface area contributed by atoms with Crippen molar-refractivity contribution in [3.63, 3.8) is 0 Å². The number of aryl methyl sites for hydroxylation is 3. The van der Waals surface area contributed by atoms with E-state index in [1.54, 1.807) is 7.05 Å². The Morgan fingerprint density at radius 2 is 1.84 bits per heavy atom. The molecule has 1 atom stereocenters. The lowest BCUT2D eigenvalue weighted by Crippen LogP contribution is -2.63. The van der Waals surface area contributed by atoms with Gasteiger partial charge in [0.05, 0.1) is 18.6 Å². The summed E-state index contributed by atoms with van der Waals surface area (Å²) in [5.41, 5.74) is 4.14. The van der Waals surface area contributed by atoms with Crippen molar-refractivity contribution in [2.75, 3.05) is 20.3 Å². The van der Waals surface area contributed by atoms with Gasteiger partial charge in [0.1, 0.15) is 6.04 Å². The molecule has 2 N–H and O–H groups in total. The minimum Gasteiger partial charge on any atom is -0.480 e. The predicted molar refractivity (Wildman–Crippen MR) is 73.6 cm³/mol. The molecule has 2 rings (SSSR count). The highest BCUT2D eigenvalue weighted by Gasteiger charge is 2.51. The zero-order valence-corrected chi connectivity index (χ0v) is 11.9. The Morgan fingerprint density at radius 1 is 1.32 bits per heavy atom. The summed E-state index contributed by atoms with van der Waals surface area (Å²) in [6, 6.07) is 3.59. The van der Waals surface area contributed by atoms with Gasteiger partial charge in [0, 0.05) is 0 Å². The molecule has 1 fully saturated rings. The van der Waals surface area contributed by atoms with E-state index in [-0.39, 0.29) is 0 Å². The summed E-state index contributed by atoms with van der Waals surface area (Å²) in [5, 5.41) is 12.4. The molecule has 1 saturated heterocycles. The summed E-state index contributed by atoms with van der Waals surface area (Å²) in [6.07, 6.45) is 0. The molecule has 19 heavy (non-hydrogen) atoms. The molecule has 1 unspecified atom stereocenters. The van der Waals surface area contributed by atoms with Gasteiger partial charge in [-0.1, -0.05) is 17.7 Å². The Kier molecular flexibility index (Phi) is 3.65. The van der Waals surface area contributed by atoms with Gasteiger partial charge in [0.25, 0.3) is 0 Å². The highest BCUT2D eigenvalue weighted by molar-refractivity contribution is 5.77. The monoisotopic (exact) mass is 263 g/mol. The fourth-order valence-corrected chi connectivity index (χ4v) is 3.38. The second-order valence-corrected chi connectivity index (χ2v) is 5.48. The number of likely N-dealkylation sites (N-methyl/N-ethyl adjacent to an activating group) is 1. The number of benzene rings is 1. The van der Waals surface area contributed by atoms with Crippen LogP contribution >= 0.6 is 0 Å². The van der Waals surface area contributed by atoms with Gasteiger partial charge in [-0.15, -0.1) is 0 Å². The third-order valence-electron chi connectivity index (χ3n) is 3.98. The lowest BCUT2D eigenvalue weighted by molar-refractivity contribution is -0.150. The molecule has 0 bridgehead atoms. The van der Waals surface area contributed by atoms with Crippen LogP contribution in [0.2, 0.25) is 0 Å². The van der Waals surface area contributed by atoms with Crippen LogP contribution in [0.1, 0.15) is 22.3 Å². The average molecular weight is 263 g/mol. The smallest absolute Gasteiger partial charge is 0.321 e. The first-order valence-electron chi connectivity index (χ1n) is 6.48. The number of carboxylic acids is 1. The number of rotatable bonds is 4. The lowest BCUT2D eigenvalue weighted by atomic mass is 9.69. The van der Waals surface area contributed by atoms with E-state index in [0.29, 0.717) is 13.2 Å². The number of nitrogens with one attached hydrogen (secondary N) is 1. The van der Waals surface area contributed by atoms with Crippen molar-refractivity contribution in [3.05, 3.63) is 34.4 Å². The van der Waals surface area contributed by atoms with E-state index in [9.17, 15) is 9.90 Å². The van der Waals surface area contributed by atoms with Gasteiger partial charge in [-0.2, -0.15) is 0 Å². The van der Waals surface area contributed by atoms with Crippen LogP contribution in [0.15, 0.2) is 12.1 Å². The van der Waals surface area contributed by atoms with Crippen molar-refractivity contribution < 1.29 is 14.6 Å². The largest absolute Gasteiger partial charge is 0.480 e. The summed E-state index contributed by atoms with van der Waals surface area (Å²) < 4.78 is 5.36. The Labute approximate surface area is 113 Å². The Balaban J connectivity index is 2.56. The van der Waals surface area contributed by atoms with Gasteiger partial charge in [0.2, 0.25) is 0 Å². The van der Waals surface area contributed by atoms with Crippen molar-refractivity contribution in [1.29, 1.82) is 0 Å². The van der Waals surface area contributed by atoms with Crippen LogP contribution in [0.25, 0.3) is 0 Å². The molecular weight excluding hydrogens is 242 g/mol. The van der Waals surface area contributed by atoms with Crippen LogP contribution in [0, 0.1) is 20.8 Å². The summed E-state index contributed by atoms with van der Waals surface area (Å²) in [6.45, 7) is 7.06. The number of aliphatic carboxylic acids is 1. The van der Waals surface area contributed by atoms with E-state index in [1.165, 1.54) is 5.56 Å². The number of hydrogen-bond acceptors (Lipinski definition) is 3. The first kappa shape index (κ1) is 14.0. The van der Waals surface area contributed by atoms with Crippen molar-refractivity contribution in [2.45, 2.75) is 32.2 Å². The normalized spacial score (nSPS) is 18.7. The zero-order valence-electron chi connectivity index (χ0n) is 11.9. The van der Waals surface area contributed by atoms with Crippen LogP contribution in [-0.2, 0) is 14.9 Å². The van der Waals surface area contributed by atoms with E-state index in [4.69, 9.17) is 4.74 Å². The molecule has 0 aromatic heterocycles. The summed E-state index contributed by atoms with van der Waals surface area (Å²) in [4.78, 5) is 11.5. The standard InChI is InChI=1S/C15H21NO3/c1-9-5-10(2)12(11(3)6-9)15(7-19-8-15)13(16-4)14(17)18/h5-6,13,16H,7-8H2,1-4H3,(H,17,18). The quantitative estimate of drug-likeness (QED) is 0.865. The van der Waals surface area contributed by atoms with Crippen molar-refractivity contribution in [3.8, 4) is 0 Å². The Morgan fingerprint density at radius 3 is 2.16 bits per heavy atom. The van der Waals surface area contributed by atoms with Crippen LogP contribution in [0.5, 0.6) is 0 Å². The maximum absolute atomic E-state index is 11.5. The first-order valence-corrected chi connectivity index (χ1v) is 6.48. The summed E-state index contributed by atoms with van der Waals surface area (Å²) >= 11 is 0. The maximum atomic E-state index is 11.5. The Bertz CT molecular complexity index is 483. The number of carboxylic acid groups (broad SMARTS) is 1. The third kappa shape index (κ3) is 2.15. The SMILES string of the molecule is CNC(C(=O)O)C1(c2c(C)cc(C)cc2C)COC1. The molecule has 4 nitrogen and oxygen atoms in total. The van der Waals surface area contributed by atoms with E-state index in [0.717, 1.165) is 16.7 Å². The van der Waals surface area contributed by atoms with Gasteiger partial charge in [-0.25, -0.2) is 0 Å². The highest BCUT2D eigenvalue weighted by atomic mass is 16.5. The van der Waals surface area contributed by atoms with Gasteiger partial charge < -0.3 is 15.2 Å². The molecule has 1 aromatic carbocycles. The minimum atomic E-state index is -0.829. The molecule has 0 radical (unpaired) electrons. The third-order valence-corrected chi connectivity index (χ3v) is 3.98. The first-order chi connectivity index (χ1) is 8.92. The lowest BCUT2D eigenvalue weighted by Gasteiger charge is -2.47. The number of ether oxygens (including phenoxy) is 1. The van der Waals surface area contributed by atoms with Crippen LogP contribution in [0.4, 0.5) is 0 Å². The topological polar surface area (TPSA) is 58.6 Å². The maximum Gasteiger partial charge on any atom is 0.321 e. The summed E-state index contributed by atoms with van der Waals surface area (Å²) in [7, 11) is 1.69. The van der Waals surface area contributed by atoms with Crippen LogP contribution < -0.4 is 5.32 Å². The van der Waals surface area contributed by atoms with Gasteiger partial charge in [-0.3, -0.25) is 4.79 Å². The molecule has 4 heteroatoms. The van der Waals surface area contributed by atoms with Crippen molar-refractivity contribution in [1.82, 2.24) is 5.32 Å². The molecule has 0 aliphatic carbocycles. The molecule has 0 amide bonds. The Hall–Kier alpha value is -1.39. The fraction of sp³-hybridized carbons (Fsp3) is 0.533. The second-order valence-electron chi connectivity index (χ2n) is 5.48. The second kappa shape index (κ2) is 4.94. The minimum absolute atomic E-state index is 0.454. The zero-order chi connectivity index (χ0) is 14.2. The molecule has 0 saturated carbocycles. The van der Waals surface area contributed by atoms with E-state index < -0.39 is 17.4 Å². The van der Waals surface area contributed by atoms with Gasteiger partial charge >= 0.3 is 5.97 Å². The average Bonchev–Trinajstić information content (AvgIpc) is 2.23. The van der Waals surface area contributed by atoms with Crippen LogP contribution in [-0.4, -0.2) is 37.4 Å². The molecule has 104 valence electrons. The molecule has 0 spiro atoms. The molecule has 1 heterocycles. The van der Waals surface area contributed by atoms with Gasteiger partial charge in [0.15, 0.2) is 0 Å². The number of hydrogen-bond donors (Lipinski definition) is 2.